The number of methoxy groups -OCH3 is 1. The predicted octanol–water partition coefficient (Wildman–Crippen LogP) is 2.89. The number of ether oxygens (including phenoxy) is 3. The summed E-state index contributed by atoms with van der Waals surface area (Å²) in [5.41, 5.74) is 4.32. The first-order valence-corrected chi connectivity index (χ1v) is 12.3. The zero-order chi connectivity index (χ0) is 24.4. The van der Waals surface area contributed by atoms with E-state index in [4.69, 9.17) is 19.3 Å². The topological polar surface area (TPSA) is 79.5 Å². The highest BCUT2D eigenvalue weighted by Crippen LogP contribution is 2.31. The Bertz CT molecular complexity index is 1160. The maximum absolute atomic E-state index is 14.4. The summed E-state index contributed by atoms with van der Waals surface area (Å²) in [4.78, 5) is 6.60. The van der Waals surface area contributed by atoms with E-state index in [1.165, 1.54) is 13.2 Å². The Kier molecular flexibility index (Phi) is 7.12. The highest BCUT2D eigenvalue weighted by molar-refractivity contribution is 5.65. The van der Waals surface area contributed by atoms with Crippen LogP contribution in [0, 0.1) is 5.82 Å². The third-order valence-electron chi connectivity index (χ3n) is 6.98. The summed E-state index contributed by atoms with van der Waals surface area (Å²) in [6, 6.07) is 1.98. The van der Waals surface area contributed by atoms with Gasteiger partial charge in [-0.3, -0.25) is 9.58 Å². The van der Waals surface area contributed by atoms with E-state index >= 15 is 0 Å². The normalized spacial score (nSPS) is 19.8. The quantitative estimate of drug-likeness (QED) is 0.510. The Hall–Kier alpha value is -2.82. The first-order valence-electron chi connectivity index (χ1n) is 12.3. The highest BCUT2D eigenvalue weighted by Gasteiger charge is 2.26. The fourth-order valence-corrected chi connectivity index (χ4v) is 4.88. The van der Waals surface area contributed by atoms with Crippen LogP contribution < -0.4 is 4.74 Å². The third kappa shape index (κ3) is 4.96. The van der Waals surface area contributed by atoms with Crippen LogP contribution in [0.2, 0.25) is 0 Å². The Balaban J connectivity index is 1.42. The van der Waals surface area contributed by atoms with E-state index in [0.717, 1.165) is 49.5 Å². The number of aromatic nitrogens is 5. The summed E-state index contributed by atoms with van der Waals surface area (Å²) in [5.74, 6) is -0.536. The van der Waals surface area contributed by atoms with Crippen molar-refractivity contribution < 1.29 is 18.6 Å². The van der Waals surface area contributed by atoms with Crippen molar-refractivity contribution >= 4 is 0 Å². The molecule has 0 radical (unpaired) electrons. The minimum Gasteiger partial charge on any atom is -0.479 e. The van der Waals surface area contributed by atoms with Gasteiger partial charge in [-0.2, -0.15) is 10.2 Å². The smallest absolute Gasteiger partial charge is 0.250 e. The maximum atomic E-state index is 14.4. The SMILES string of the molecule is CCC(C)N1CCO[C@H](Cn2cc(-n3nc(-c4cnc(OC)c(F)c4)c4c3CCOCC4)cn2)C1. The molecule has 2 atom stereocenters. The van der Waals surface area contributed by atoms with Crippen molar-refractivity contribution in [1.82, 2.24) is 29.4 Å². The largest absolute Gasteiger partial charge is 0.479 e. The number of hydrogen-bond donors (Lipinski definition) is 0. The van der Waals surface area contributed by atoms with Crippen LogP contribution in [0.15, 0.2) is 24.7 Å². The third-order valence-corrected chi connectivity index (χ3v) is 6.98. The molecular formula is C25H33FN6O3. The summed E-state index contributed by atoms with van der Waals surface area (Å²) < 4.78 is 35.0. The van der Waals surface area contributed by atoms with E-state index < -0.39 is 5.82 Å². The van der Waals surface area contributed by atoms with Crippen LogP contribution in [-0.2, 0) is 28.9 Å². The van der Waals surface area contributed by atoms with Gasteiger partial charge in [-0.05, 0) is 25.8 Å². The van der Waals surface area contributed by atoms with Crippen LogP contribution in [0.3, 0.4) is 0 Å². The summed E-state index contributed by atoms with van der Waals surface area (Å²) in [6.45, 7) is 9.00. The first-order chi connectivity index (χ1) is 17.1. The molecule has 35 heavy (non-hydrogen) atoms. The van der Waals surface area contributed by atoms with Crippen LogP contribution in [0.1, 0.15) is 31.5 Å². The minimum absolute atomic E-state index is 0.0271. The molecule has 10 heteroatoms. The molecule has 2 aliphatic heterocycles. The van der Waals surface area contributed by atoms with Gasteiger partial charge in [-0.1, -0.05) is 6.92 Å². The molecule has 3 aromatic rings. The zero-order valence-electron chi connectivity index (χ0n) is 20.6. The molecule has 0 aliphatic carbocycles. The molecule has 188 valence electrons. The maximum Gasteiger partial charge on any atom is 0.250 e. The number of fused-ring (bicyclic) bond motifs is 1. The molecule has 3 aromatic heterocycles. The van der Waals surface area contributed by atoms with Gasteiger partial charge in [0, 0.05) is 42.9 Å². The van der Waals surface area contributed by atoms with Crippen molar-refractivity contribution in [3.63, 3.8) is 0 Å². The van der Waals surface area contributed by atoms with Gasteiger partial charge in [0.2, 0.25) is 5.88 Å². The lowest BCUT2D eigenvalue weighted by Gasteiger charge is -2.36. The summed E-state index contributed by atoms with van der Waals surface area (Å²) in [5, 5.41) is 9.50. The molecular weight excluding hydrogens is 451 g/mol. The van der Waals surface area contributed by atoms with Gasteiger partial charge in [-0.15, -0.1) is 0 Å². The molecule has 0 saturated carbocycles. The second-order valence-electron chi connectivity index (χ2n) is 9.18. The standard InChI is InChI=1S/C25H33FN6O3/c1-4-17(2)30-7-10-35-20(15-30)16-31-14-19(13-28-31)32-23-6-9-34-8-5-21(23)24(29-32)18-11-22(26)25(33-3)27-12-18/h11-14,17,20H,4-10,15-16H2,1-3H3/t17?,20-/m0/s1. The van der Waals surface area contributed by atoms with Gasteiger partial charge < -0.3 is 14.2 Å². The highest BCUT2D eigenvalue weighted by atomic mass is 19.1. The van der Waals surface area contributed by atoms with Crippen molar-refractivity contribution in [3.05, 3.63) is 41.7 Å². The van der Waals surface area contributed by atoms with Crippen molar-refractivity contribution in [2.75, 3.05) is 40.0 Å². The molecule has 1 saturated heterocycles. The average molecular weight is 485 g/mol. The molecule has 0 bridgehead atoms. The van der Waals surface area contributed by atoms with E-state index in [0.29, 0.717) is 43.5 Å². The fraction of sp³-hybridized carbons (Fsp3) is 0.560. The molecule has 0 aromatic carbocycles. The lowest BCUT2D eigenvalue weighted by Crippen LogP contribution is -2.47. The first kappa shape index (κ1) is 23.9. The van der Waals surface area contributed by atoms with Crippen LogP contribution in [0.5, 0.6) is 5.88 Å². The lowest BCUT2D eigenvalue weighted by atomic mass is 10.0. The van der Waals surface area contributed by atoms with Crippen LogP contribution in [0.4, 0.5) is 4.39 Å². The van der Waals surface area contributed by atoms with E-state index in [9.17, 15) is 4.39 Å². The Morgan fingerprint density at radius 3 is 2.89 bits per heavy atom. The molecule has 1 unspecified atom stereocenters. The number of rotatable bonds is 7. The number of hydrogen-bond acceptors (Lipinski definition) is 7. The second-order valence-corrected chi connectivity index (χ2v) is 9.18. The summed E-state index contributed by atoms with van der Waals surface area (Å²) in [7, 11) is 1.40. The van der Waals surface area contributed by atoms with Gasteiger partial charge >= 0.3 is 0 Å². The molecule has 5 heterocycles. The fourth-order valence-electron chi connectivity index (χ4n) is 4.88. The average Bonchev–Trinajstić information content (AvgIpc) is 3.40. The Morgan fingerprint density at radius 1 is 1.23 bits per heavy atom. The van der Waals surface area contributed by atoms with E-state index in [1.54, 1.807) is 6.20 Å². The molecule has 0 N–H and O–H groups in total. The van der Waals surface area contributed by atoms with Crippen LogP contribution >= 0.6 is 0 Å². The van der Waals surface area contributed by atoms with Crippen molar-refractivity contribution in [2.24, 2.45) is 0 Å². The molecule has 0 amide bonds. The second kappa shape index (κ2) is 10.4. The van der Waals surface area contributed by atoms with Crippen molar-refractivity contribution in [2.45, 2.75) is 51.8 Å². The van der Waals surface area contributed by atoms with Crippen molar-refractivity contribution in [3.8, 4) is 22.8 Å². The van der Waals surface area contributed by atoms with Gasteiger partial charge in [0.1, 0.15) is 5.69 Å². The number of halogens is 1. The van der Waals surface area contributed by atoms with Crippen molar-refractivity contribution in [1.29, 1.82) is 0 Å². The number of morpholine rings is 1. The van der Waals surface area contributed by atoms with E-state index in [-0.39, 0.29) is 12.0 Å². The Labute approximate surface area is 204 Å². The molecule has 5 rings (SSSR count). The number of pyridine rings is 1. The zero-order valence-corrected chi connectivity index (χ0v) is 20.6. The minimum atomic E-state index is -0.509. The van der Waals surface area contributed by atoms with Gasteiger partial charge in [0.05, 0.1) is 63.4 Å². The van der Waals surface area contributed by atoms with Gasteiger partial charge in [0.25, 0.3) is 0 Å². The van der Waals surface area contributed by atoms with E-state index in [2.05, 4.69) is 28.8 Å². The number of nitrogens with zero attached hydrogens (tertiary/aromatic N) is 6. The monoisotopic (exact) mass is 484 g/mol. The van der Waals surface area contributed by atoms with Gasteiger partial charge in [-0.25, -0.2) is 14.1 Å². The van der Waals surface area contributed by atoms with Gasteiger partial charge in [0.15, 0.2) is 5.82 Å². The predicted molar refractivity (Wildman–Crippen MR) is 128 cm³/mol. The molecule has 1 fully saturated rings. The summed E-state index contributed by atoms with van der Waals surface area (Å²) in [6.07, 6.45) is 8.07. The van der Waals surface area contributed by atoms with E-state index in [1.807, 2.05) is 21.8 Å². The molecule has 0 spiro atoms. The molecule has 9 nitrogen and oxygen atoms in total. The Morgan fingerprint density at radius 2 is 2.09 bits per heavy atom. The van der Waals surface area contributed by atoms with Crippen LogP contribution in [0.25, 0.3) is 16.9 Å². The summed E-state index contributed by atoms with van der Waals surface area (Å²) >= 11 is 0. The lowest BCUT2D eigenvalue weighted by molar-refractivity contribution is -0.0495. The molecule has 2 aliphatic rings. The van der Waals surface area contributed by atoms with Crippen LogP contribution in [-0.4, -0.2) is 81.6 Å².